The molecule has 140 valence electrons. The molecule has 0 unspecified atom stereocenters. The lowest BCUT2D eigenvalue weighted by atomic mass is 10.0. The van der Waals surface area contributed by atoms with Crippen LogP contribution in [-0.4, -0.2) is 33.1 Å². The highest BCUT2D eigenvalue weighted by molar-refractivity contribution is 9.10. The minimum absolute atomic E-state index is 0.0478. The van der Waals surface area contributed by atoms with E-state index in [-0.39, 0.29) is 21.8 Å². The first-order chi connectivity index (χ1) is 10.7. The van der Waals surface area contributed by atoms with Gasteiger partial charge in [0.2, 0.25) is 0 Å². The van der Waals surface area contributed by atoms with Gasteiger partial charge in [0.15, 0.2) is 14.6 Å². The summed E-state index contributed by atoms with van der Waals surface area (Å²) in [6.45, 7) is 18.7. The monoisotopic (exact) mass is 432 g/mol. The van der Waals surface area contributed by atoms with Gasteiger partial charge >= 0.3 is 0 Å². The minimum atomic E-state index is -1.87. The van der Waals surface area contributed by atoms with Crippen molar-refractivity contribution in [1.82, 2.24) is 0 Å². The van der Waals surface area contributed by atoms with Crippen LogP contribution in [0.2, 0.25) is 43.8 Å². The molecule has 0 radical (unpaired) electrons. The summed E-state index contributed by atoms with van der Waals surface area (Å²) in [6, 6.07) is 1.17. The molecule has 2 nitrogen and oxygen atoms in total. The average Bonchev–Trinajstić information content (AvgIpc) is 2.61. The molecule has 0 saturated carbocycles. The second kappa shape index (κ2) is 7.96. The van der Waals surface area contributed by atoms with Crippen LogP contribution in [0.15, 0.2) is 0 Å². The molecule has 0 aromatic heterocycles. The molecule has 0 N–H and O–H groups in total. The van der Waals surface area contributed by atoms with Crippen molar-refractivity contribution in [3.05, 3.63) is 0 Å². The van der Waals surface area contributed by atoms with E-state index in [1.54, 1.807) is 0 Å². The Balaban J connectivity index is 2.93. The van der Waals surface area contributed by atoms with E-state index in [1.165, 1.54) is 6.04 Å². The number of rotatable bonds is 7. The van der Waals surface area contributed by atoms with Gasteiger partial charge in [0.25, 0.3) is 0 Å². The molecule has 1 fully saturated rings. The largest absolute Gasteiger partial charge is 0.391 e. The summed E-state index contributed by atoms with van der Waals surface area (Å²) in [4.78, 5) is 0. The number of halogens is 1. The van der Waals surface area contributed by atoms with E-state index in [0.29, 0.717) is 0 Å². The van der Waals surface area contributed by atoms with Crippen LogP contribution in [0, 0.1) is 12.3 Å². The third-order valence-electron chi connectivity index (χ3n) is 5.18. The zero-order valence-corrected chi connectivity index (χ0v) is 20.5. The van der Waals surface area contributed by atoms with Gasteiger partial charge in [-0.15, -0.1) is 12.3 Å². The van der Waals surface area contributed by atoms with E-state index >= 15 is 0 Å². The Labute approximate surface area is 160 Å². The maximum atomic E-state index is 6.71. The third-order valence-corrected chi connectivity index (χ3v) is 12.8. The Bertz CT molecular complexity index is 459. The average molecular weight is 434 g/mol. The highest BCUT2D eigenvalue weighted by atomic mass is 79.9. The smallest absolute Gasteiger partial charge is 0.195 e. The second-order valence-corrected chi connectivity index (χ2v) is 21.9. The predicted octanol–water partition coefficient (Wildman–Crippen LogP) is 6.40. The Hall–Kier alpha value is 0.394. The SMILES string of the molecule is C#CCCC[C@H]1C[C@](Br)(C[Si](C)(C)C)[C@H](O[Si](C)(C)C(C)(C)C)O1. The van der Waals surface area contributed by atoms with Gasteiger partial charge in [-0.3, -0.25) is 0 Å². The lowest BCUT2D eigenvalue weighted by Gasteiger charge is -2.42. The number of unbranched alkanes of at least 4 members (excludes halogenated alkanes) is 1. The van der Waals surface area contributed by atoms with E-state index in [2.05, 4.69) is 75.4 Å². The summed E-state index contributed by atoms with van der Waals surface area (Å²) >= 11 is 4.08. The van der Waals surface area contributed by atoms with E-state index < -0.39 is 16.4 Å². The zero-order chi connectivity index (χ0) is 18.8. The summed E-state index contributed by atoms with van der Waals surface area (Å²) < 4.78 is 13.1. The normalized spacial score (nSPS) is 28.8. The minimum Gasteiger partial charge on any atom is -0.391 e. The summed E-state index contributed by atoms with van der Waals surface area (Å²) in [5.41, 5.74) is 0. The molecular weight excluding hydrogens is 396 g/mol. The molecule has 0 aromatic rings. The fourth-order valence-electron chi connectivity index (χ4n) is 3.04. The zero-order valence-electron chi connectivity index (χ0n) is 17.0. The first kappa shape index (κ1) is 22.4. The van der Waals surface area contributed by atoms with Crippen molar-refractivity contribution in [2.24, 2.45) is 0 Å². The van der Waals surface area contributed by atoms with Crippen molar-refractivity contribution in [3.8, 4) is 12.3 Å². The van der Waals surface area contributed by atoms with Crippen LogP contribution >= 0.6 is 15.9 Å². The van der Waals surface area contributed by atoms with E-state index in [1.807, 2.05) is 0 Å². The van der Waals surface area contributed by atoms with Crippen molar-refractivity contribution in [2.45, 2.75) is 107 Å². The van der Waals surface area contributed by atoms with Gasteiger partial charge in [-0.25, -0.2) is 0 Å². The molecule has 0 aromatic carbocycles. The molecule has 1 rings (SSSR count). The van der Waals surface area contributed by atoms with Gasteiger partial charge in [-0.2, -0.15) is 0 Å². The van der Waals surface area contributed by atoms with Crippen molar-refractivity contribution in [2.75, 3.05) is 0 Å². The fourth-order valence-corrected chi connectivity index (χ4v) is 9.54. The second-order valence-electron chi connectivity index (χ2n) is 10.0. The van der Waals surface area contributed by atoms with Crippen molar-refractivity contribution in [3.63, 3.8) is 0 Å². The van der Waals surface area contributed by atoms with Gasteiger partial charge in [-0.05, 0) is 43.4 Å². The molecule has 0 amide bonds. The van der Waals surface area contributed by atoms with Crippen LogP contribution in [0.25, 0.3) is 0 Å². The first-order valence-electron chi connectivity index (χ1n) is 9.16. The van der Waals surface area contributed by atoms with Crippen molar-refractivity contribution in [1.29, 1.82) is 0 Å². The maximum Gasteiger partial charge on any atom is 0.195 e. The predicted molar refractivity (Wildman–Crippen MR) is 114 cm³/mol. The third kappa shape index (κ3) is 6.28. The summed E-state index contributed by atoms with van der Waals surface area (Å²) in [5, 5.41) is 0.186. The van der Waals surface area contributed by atoms with Crippen molar-refractivity contribution >= 4 is 32.3 Å². The Kier molecular flexibility index (Phi) is 7.44. The first-order valence-corrected chi connectivity index (χ1v) is 16.6. The summed E-state index contributed by atoms with van der Waals surface area (Å²) in [6.07, 6.45) is 9.43. The van der Waals surface area contributed by atoms with E-state index in [9.17, 15) is 0 Å². The van der Waals surface area contributed by atoms with Gasteiger partial charge < -0.3 is 9.16 Å². The molecule has 0 aliphatic carbocycles. The lowest BCUT2D eigenvalue weighted by molar-refractivity contribution is -0.0899. The lowest BCUT2D eigenvalue weighted by Crippen LogP contribution is -2.50. The topological polar surface area (TPSA) is 18.5 Å². The molecule has 24 heavy (non-hydrogen) atoms. The Morgan fingerprint density at radius 1 is 1.25 bits per heavy atom. The fraction of sp³-hybridized carbons (Fsp3) is 0.895. The highest BCUT2D eigenvalue weighted by Crippen LogP contribution is 2.49. The van der Waals surface area contributed by atoms with Gasteiger partial charge in [0, 0.05) is 14.5 Å². The Morgan fingerprint density at radius 2 is 1.83 bits per heavy atom. The summed E-state index contributed by atoms with van der Waals surface area (Å²) in [7, 11) is -3.12. The number of hydrogen-bond donors (Lipinski definition) is 0. The van der Waals surface area contributed by atoms with Crippen LogP contribution in [0.5, 0.6) is 0 Å². The number of hydrogen-bond acceptors (Lipinski definition) is 2. The summed E-state index contributed by atoms with van der Waals surface area (Å²) in [5.74, 6) is 2.74. The standard InChI is InChI=1S/C19H37BrO2Si2/c1-10-11-12-13-16-14-19(20,15-23(5,6)7)17(21-16)22-24(8,9)18(2,3)4/h1,16-17H,11-15H2,2-9H3/t16-,17-,19-/m0/s1. The molecule has 0 bridgehead atoms. The van der Waals surface area contributed by atoms with E-state index in [0.717, 1.165) is 25.7 Å². The van der Waals surface area contributed by atoms with E-state index in [4.69, 9.17) is 15.6 Å². The quantitative estimate of drug-likeness (QED) is 0.200. The van der Waals surface area contributed by atoms with Crippen LogP contribution in [0.4, 0.5) is 0 Å². The van der Waals surface area contributed by atoms with Crippen molar-refractivity contribution < 1.29 is 9.16 Å². The molecule has 5 heteroatoms. The number of ether oxygens (including phenoxy) is 1. The molecule has 1 aliphatic rings. The Morgan fingerprint density at radius 3 is 2.29 bits per heavy atom. The molecule has 3 atom stereocenters. The molecule has 1 heterocycles. The molecule has 1 aliphatic heterocycles. The van der Waals surface area contributed by atoms with Crippen LogP contribution in [0.3, 0.4) is 0 Å². The van der Waals surface area contributed by atoms with Gasteiger partial charge in [-0.1, -0.05) is 56.3 Å². The molecule has 0 spiro atoms. The van der Waals surface area contributed by atoms with Crippen LogP contribution in [-0.2, 0) is 9.16 Å². The van der Waals surface area contributed by atoms with Crippen LogP contribution < -0.4 is 0 Å². The van der Waals surface area contributed by atoms with Gasteiger partial charge in [0.1, 0.15) is 0 Å². The highest BCUT2D eigenvalue weighted by Gasteiger charge is 2.52. The van der Waals surface area contributed by atoms with Gasteiger partial charge in [0.05, 0.1) is 10.4 Å². The van der Waals surface area contributed by atoms with Crippen LogP contribution in [0.1, 0.15) is 46.5 Å². The molecule has 1 saturated heterocycles. The number of alkyl halides is 1. The maximum absolute atomic E-state index is 6.71. The molecular formula is C19H37BrO2Si2. The number of terminal acetylenes is 1.